The van der Waals surface area contributed by atoms with Crippen LogP contribution >= 0.6 is 0 Å². The number of rotatable bonds is 3. The van der Waals surface area contributed by atoms with Crippen LogP contribution < -0.4 is 0 Å². The van der Waals surface area contributed by atoms with Crippen molar-refractivity contribution in [2.24, 2.45) is 0 Å². The summed E-state index contributed by atoms with van der Waals surface area (Å²) in [7, 11) is 2.20. The second kappa shape index (κ2) is 6.81. The minimum atomic E-state index is -0.326. The van der Waals surface area contributed by atoms with E-state index in [-0.39, 0.29) is 10.6 Å². The van der Waals surface area contributed by atoms with Gasteiger partial charge in [-0.1, -0.05) is 6.08 Å². The van der Waals surface area contributed by atoms with Crippen molar-refractivity contribution in [1.29, 1.82) is 0 Å². The summed E-state index contributed by atoms with van der Waals surface area (Å²) in [4.78, 5) is 15.5. The SMILES string of the molecule is Cc1cc([N+](=O)[O-])ccc1C1=CCN(C2CCN(C)CC2)CC1. The number of benzene rings is 1. The Labute approximate surface area is 137 Å². The minimum Gasteiger partial charge on any atom is -0.306 e. The van der Waals surface area contributed by atoms with E-state index >= 15 is 0 Å². The molecule has 0 aromatic heterocycles. The maximum atomic E-state index is 10.9. The van der Waals surface area contributed by atoms with Crippen LogP contribution in [0.15, 0.2) is 24.3 Å². The number of aryl methyl sites for hydroxylation is 1. The molecule has 0 aliphatic carbocycles. The fourth-order valence-electron chi connectivity index (χ4n) is 3.74. The lowest BCUT2D eigenvalue weighted by molar-refractivity contribution is -0.384. The van der Waals surface area contributed by atoms with Crippen molar-refractivity contribution >= 4 is 11.3 Å². The first-order chi connectivity index (χ1) is 11.0. The molecule has 0 amide bonds. The van der Waals surface area contributed by atoms with Gasteiger partial charge in [-0.2, -0.15) is 0 Å². The van der Waals surface area contributed by atoms with Crippen LogP contribution in [-0.2, 0) is 0 Å². The molecular formula is C18H25N3O2. The number of non-ortho nitro benzene ring substituents is 1. The van der Waals surface area contributed by atoms with Crippen molar-refractivity contribution in [3.63, 3.8) is 0 Å². The molecule has 0 N–H and O–H groups in total. The Morgan fingerprint density at radius 3 is 2.52 bits per heavy atom. The molecule has 1 fully saturated rings. The van der Waals surface area contributed by atoms with E-state index in [9.17, 15) is 10.1 Å². The van der Waals surface area contributed by atoms with E-state index in [1.165, 1.54) is 37.1 Å². The number of hydrogen-bond acceptors (Lipinski definition) is 4. The van der Waals surface area contributed by atoms with Crippen molar-refractivity contribution in [3.05, 3.63) is 45.5 Å². The van der Waals surface area contributed by atoms with Gasteiger partial charge in [-0.3, -0.25) is 15.0 Å². The Hall–Kier alpha value is -1.72. The van der Waals surface area contributed by atoms with Crippen LogP contribution in [0, 0.1) is 17.0 Å². The van der Waals surface area contributed by atoms with Crippen molar-refractivity contribution in [2.75, 3.05) is 33.2 Å². The summed E-state index contributed by atoms with van der Waals surface area (Å²) in [5.41, 5.74) is 3.68. The summed E-state index contributed by atoms with van der Waals surface area (Å²) in [5, 5.41) is 10.9. The van der Waals surface area contributed by atoms with Crippen molar-refractivity contribution < 1.29 is 4.92 Å². The van der Waals surface area contributed by atoms with E-state index in [2.05, 4.69) is 22.9 Å². The summed E-state index contributed by atoms with van der Waals surface area (Å²) in [6, 6.07) is 5.92. The molecule has 5 heteroatoms. The molecule has 0 atom stereocenters. The highest BCUT2D eigenvalue weighted by Gasteiger charge is 2.25. The first kappa shape index (κ1) is 16.1. The van der Waals surface area contributed by atoms with Crippen molar-refractivity contribution in [1.82, 2.24) is 9.80 Å². The van der Waals surface area contributed by atoms with Gasteiger partial charge in [0.1, 0.15) is 0 Å². The molecule has 1 aromatic rings. The third-order valence-corrected chi connectivity index (χ3v) is 5.21. The third kappa shape index (κ3) is 3.62. The molecule has 0 bridgehead atoms. The maximum Gasteiger partial charge on any atom is 0.269 e. The van der Waals surface area contributed by atoms with Crippen LogP contribution in [0.2, 0.25) is 0 Å². The van der Waals surface area contributed by atoms with Crippen molar-refractivity contribution in [2.45, 2.75) is 32.2 Å². The normalized spacial score (nSPS) is 21.2. The van der Waals surface area contributed by atoms with Crippen LogP contribution in [0.1, 0.15) is 30.4 Å². The van der Waals surface area contributed by atoms with E-state index in [4.69, 9.17) is 0 Å². The lowest BCUT2D eigenvalue weighted by Gasteiger charge is -2.38. The summed E-state index contributed by atoms with van der Waals surface area (Å²) in [6.45, 7) is 6.45. The van der Waals surface area contributed by atoms with E-state index in [0.29, 0.717) is 6.04 Å². The Bertz CT molecular complexity index is 619. The van der Waals surface area contributed by atoms with Gasteiger partial charge in [0.25, 0.3) is 5.69 Å². The van der Waals surface area contributed by atoms with Crippen LogP contribution in [0.3, 0.4) is 0 Å². The van der Waals surface area contributed by atoms with Gasteiger partial charge in [-0.15, -0.1) is 0 Å². The molecule has 0 unspecified atom stereocenters. The van der Waals surface area contributed by atoms with Gasteiger partial charge in [0.2, 0.25) is 0 Å². The number of nitro groups is 1. The van der Waals surface area contributed by atoms with Crippen LogP contribution in [0.25, 0.3) is 5.57 Å². The van der Waals surface area contributed by atoms with Crippen LogP contribution in [0.4, 0.5) is 5.69 Å². The third-order valence-electron chi connectivity index (χ3n) is 5.21. The first-order valence-electron chi connectivity index (χ1n) is 8.41. The van der Waals surface area contributed by atoms with Gasteiger partial charge in [-0.25, -0.2) is 0 Å². The summed E-state index contributed by atoms with van der Waals surface area (Å²) in [5.74, 6) is 0. The van der Waals surface area contributed by atoms with E-state index < -0.39 is 0 Å². The molecule has 124 valence electrons. The molecule has 1 saturated heterocycles. The smallest absolute Gasteiger partial charge is 0.269 e. The highest BCUT2D eigenvalue weighted by atomic mass is 16.6. The van der Waals surface area contributed by atoms with E-state index in [1.54, 1.807) is 12.1 Å². The first-order valence-corrected chi connectivity index (χ1v) is 8.41. The fourth-order valence-corrected chi connectivity index (χ4v) is 3.74. The lowest BCUT2D eigenvalue weighted by atomic mass is 9.93. The fraction of sp³-hybridized carbons (Fsp3) is 0.556. The summed E-state index contributed by atoms with van der Waals surface area (Å²) in [6.07, 6.45) is 5.87. The predicted octanol–water partition coefficient (Wildman–Crippen LogP) is 3.09. The maximum absolute atomic E-state index is 10.9. The molecule has 3 rings (SSSR count). The highest BCUT2D eigenvalue weighted by molar-refractivity contribution is 5.70. The van der Waals surface area contributed by atoms with Crippen LogP contribution in [-0.4, -0.2) is 54.0 Å². The van der Waals surface area contributed by atoms with Gasteiger partial charge < -0.3 is 4.90 Å². The average molecular weight is 315 g/mol. The van der Waals surface area contributed by atoms with Crippen molar-refractivity contribution in [3.8, 4) is 0 Å². The zero-order valence-corrected chi connectivity index (χ0v) is 14.0. The molecule has 0 radical (unpaired) electrons. The summed E-state index contributed by atoms with van der Waals surface area (Å²) < 4.78 is 0. The highest BCUT2D eigenvalue weighted by Crippen LogP contribution is 2.29. The quantitative estimate of drug-likeness (QED) is 0.635. The molecule has 2 aliphatic rings. The Morgan fingerprint density at radius 1 is 1.22 bits per heavy atom. The largest absolute Gasteiger partial charge is 0.306 e. The molecule has 0 spiro atoms. The second-order valence-corrected chi connectivity index (χ2v) is 6.77. The van der Waals surface area contributed by atoms with Crippen LogP contribution in [0.5, 0.6) is 0 Å². The lowest BCUT2D eigenvalue weighted by Crippen LogP contribution is -2.45. The summed E-state index contributed by atoms with van der Waals surface area (Å²) >= 11 is 0. The average Bonchev–Trinajstić information content (AvgIpc) is 2.56. The van der Waals surface area contributed by atoms with Gasteiger partial charge in [0.15, 0.2) is 0 Å². The zero-order valence-electron chi connectivity index (χ0n) is 14.0. The molecule has 2 aliphatic heterocycles. The molecule has 1 aromatic carbocycles. The number of nitro benzene ring substituents is 1. The van der Waals surface area contributed by atoms with Gasteiger partial charge >= 0.3 is 0 Å². The minimum absolute atomic E-state index is 0.176. The van der Waals surface area contributed by atoms with Gasteiger partial charge in [0, 0.05) is 31.3 Å². The molecule has 5 nitrogen and oxygen atoms in total. The monoisotopic (exact) mass is 315 g/mol. The molecule has 0 saturated carbocycles. The topological polar surface area (TPSA) is 49.6 Å². The van der Waals surface area contributed by atoms with E-state index in [0.717, 1.165) is 25.1 Å². The standard InChI is InChI=1S/C18H25N3O2/c1-14-13-17(21(22)23)3-4-18(14)15-5-11-20(12-6-15)16-7-9-19(2)10-8-16/h3-5,13,16H,6-12H2,1-2H3. The second-order valence-electron chi connectivity index (χ2n) is 6.77. The zero-order chi connectivity index (χ0) is 16.4. The van der Waals surface area contributed by atoms with Gasteiger partial charge in [0.05, 0.1) is 4.92 Å². The number of likely N-dealkylation sites (tertiary alicyclic amines) is 1. The van der Waals surface area contributed by atoms with E-state index in [1.807, 2.05) is 13.0 Å². The molecular weight excluding hydrogens is 290 g/mol. The number of piperidine rings is 1. The molecule has 2 heterocycles. The van der Waals surface area contributed by atoms with Gasteiger partial charge in [-0.05, 0) is 69.1 Å². The number of hydrogen-bond donors (Lipinski definition) is 0. The Kier molecular flexibility index (Phi) is 4.78. The Morgan fingerprint density at radius 2 is 1.96 bits per heavy atom. The Balaban J connectivity index is 1.68. The number of nitrogens with zero attached hydrogens (tertiary/aromatic N) is 3. The predicted molar refractivity (Wildman–Crippen MR) is 92.5 cm³/mol. The molecule has 23 heavy (non-hydrogen) atoms.